The summed E-state index contributed by atoms with van der Waals surface area (Å²) in [5.74, 6) is -0.124. The number of rotatable bonds is 5. The number of hydrogen-bond acceptors (Lipinski definition) is 4. The van der Waals surface area contributed by atoms with Crippen molar-refractivity contribution in [3.05, 3.63) is 69.2 Å². The maximum absolute atomic E-state index is 11.1. The summed E-state index contributed by atoms with van der Waals surface area (Å²) < 4.78 is 5.49. The monoisotopic (exact) mass is 318 g/mol. The quantitative estimate of drug-likeness (QED) is 0.518. The molecule has 2 rings (SSSR count). The first kappa shape index (κ1) is 15.5. The molecule has 0 fully saturated rings. The fourth-order valence-electron chi connectivity index (χ4n) is 1.68. The third-order valence-electron chi connectivity index (χ3n) is 2.66. The van der Waals surface area contributed by atoms with Crippen LogP contribution in [0, 0.1) is 10.1 Å². The molecule has 0 aliphatic heterocycles. The Morgan fingerprint density at radius 2 is 1.91 bits per heavy atom. The Kier molecular flexibility index (Phi) is 4.75. The Balaban J connectivity index is 2.32. The fraction of sp³-hybridized carbons (Fsp3) is 0. The van der Waals surface area contributed by atoms with Crippen LogP contribution in [0.5, 0.6) is 11.5 Å². The molecular formula is C15H11ClN2O4. The van der Waals surface area contributed by atoms with Gasteiger partial charge < -0.3 is 10.5 Å². The molecule has 112 valence electrons. The number of carbonyl (C=O) groups is 1. The summed E-state index contributed by atoms with van der Waals surface area (Å²) in [6.45, 7) is 0. The topological polar surface area (TPSA) is 95.5 Å². The van der Waals surface area contributed by atoms with Crippen molar-refractivity contribution >= 4 is 29.3 Å². The van der Waals surface area contributed by atoms with E-state index < -0.39 is 10.8 Å². The molecule has 0 saturated carbocycles. The van der Waals surface area contributed by atoms with Crippen LogP contribution in [0.3, 0.4) is 0 Å². The number of nitrogens with two attached hydrogens (primary N) is 1. The van der Waals surface area contributed by atoms with Gasteiger partial charge in [-0.05, 0) is 42.0 Å². The van der Waals surface area contributed by atoms with Gasteiger partial charge in [0.15, 0.2) is 0 Å². The van der Waals surface area contributed by atoms with Crippen LogP contribution in [0.25, 0.3) is 6.08 Å². The van der Waals surface area contributed by atoms with E-state index in [-0.39, 0.29) is 11.4 Å². The normalized spacial score (nSPS) is 10.6. The number of benzene rings is 2. The zero-order chi connectivity index (χ0) is 16.1. The zero-order valence-corrected chi connectivity index (χ0v) is 12.0. The standard InChI is InChI=1S/C15H11ClN2O4/c16-11-3-5-12(6-4-11)22-14-7-1-10(2-8-15(17)19)9-13(14)18(20)21/h1-9H,(H2,17,19)/b8-2-. The minimum absolute atomic E-state index is 0.0866. The Labute approximate surface area is 130 Å². The second-order valence-electron chi connectivity index (χ2n) is 4.28. The fourth-order valence-corrected chi connectivity index (χ4v) is 1.80. The summed E-state index contributed by atoms with van der Waals surface area (Å²) in [5, 5.41) is 11.7. The van der Waals surface area contributed by atoms with Gasteiger partial charge in [0.05, 0.1) is 4.92 Å². The molecule has 0 bridgehead atoms. The van der Waals surface area contributed by atoms with Crippen molar-refractivity contribution < 1.29 is 14.5 Å². The van der Waals surface area contributed by atoms with Crippen LogP contribution in [0.2, 0.25) is 5.02 Å². The average molecular weight is 319 g/mol. The maximum atomic E-state index is 11.1. The zero-order valence-electron chi connectivity index (χ0n) is 11.2. The number of ether oxygens (including phenoxy) is 1. The van der Waals surface area contributed by atoms with Crippen molar-refractivity contribution in [1.29, 1.82) is 0 Å². The van der Waals surface area contributed by atoms with Crippen molar-refractivity contribution in [2.75, 3.05) is 0 Å². The maximum Gasteiger partial charge on any atom is 0.312 e. The Morgan fingerprint density at radius 3 is 2.50 bits per heavy atom. The predicted octanol–water partition coefficient (Wildman–Crippen LogP) is 3.54. The van der Waals surface area contributed by atoms with Gasteiger partial charge in [-0.2, -0.15) is 0 Å². The van der Waals surface area contributed by atoms with E-state index in [1.165, 1.54) is 18.2 Å². The van der Waals surface area contributed by atoms with Gasteiger partial charge in [-0.3, -0.25) is 14.9 Å². The predicted molar refractivity (Wildman–Crippen MR) is 82.9 cm³/mol. The first-order valence-corrected chi connectivity index (χ1v) is 6.53. The van der Waals surface area contributed by atoms with E-state index in [1.807, 2.05) is 0 Å². The molecule has 0 aliphatic carbocycles. The van der Waals surface area contributed by atoms with Crippen LogP contribution in [-0.2, 0) is 4.79 Å². The smallest absolute Gasteiger partial charge is 0.312 e. The Hall–Kier alpha value is -2.86. The number of halogens is 1. The molecule has 0 heterocycles. The van der Waals surface area contributed by atoms with Crippen LogP contribution in [0.15, 0.2) is 48.5 Å². The summed E-state index contributed by atoms with van der Waals surface area (Å²) in [5.41, 5.74) is 5.23. The third kappa shape index (κ3) is 4.07. The van der Waals surface area contributed by atoms with E-state index in [4.69, 9.17) is 22.1 Å². The number of hydrogen-bond donors (Lipinski definition) is 1. The highest BCUT2D eigenvalue weighted by Crippen LogP contribution is 2.32. The van der Waals surface area contributed by atoms with Gasteiger partial charge in [0.2, 0.25) is 11.7 Å². The highest BCUT2D eigenvalue weighted by Gasteiger charge is 2.16. The van der Waals surface area contributed by atoms with E-state index in [9.17, 15) is 14.9 Å². The molecule has 0 radical (unpaired) electrons. The van der Waals surface area contributed by atoms with Gasteiger partial charge in [-0.1, -0.05) is 17.7 Å². The molecule has 1 amide bonds. The van der Waals surface area contributed by atoms with Crippen molar-refractivity contribution in [1.82, 2.24) is 0 Å². The van der Waals surface area contributed by atoms with Crippen LogP contribution >= 0.6 is 11.6 Å². The molecule has 2 aromatic rings. The van der Waals surface area contributed by atoms with Gasteiger partial charge in [0.25, 0.3) is 0 Å². The summed E-state index contributed by atoms with van der Waals surface area (Å²) in [4.78, 5) is 21.3. The number of carbonyl (C=O) groups excluding carboxylic acids is 1. The molecule has 0 atom stereocenters. The molecule has 2 N–H and O–H groups in total. The molecule has 0 saturated heterocycles. The summed E-state index contributed by atoms with van der Waals surface area (Å²) in [6.07, 6.45) is 2.51. The number of nitrogens with zero attached hydrogens (tertiary/aromatic N) is 1. The van der Waals surface area contributed by atoms with E-state index in [2.05, 4.69) is 0 Å². The lowest BCUT2D eigenvalue weighted by atomic mass is 10.1. The van der Waals surface area contributed by atoms with Crippen LogP contribution in [0.4, 0.5) is 5.69 Å². The minimum atomic E-state index is -0.635. The van der Waals surface area contributed by atoms with Gasteiger partial charge in [0.1, 0.15) is 5.75 Å². The summed E-state index contributed by atoms with van der Waals surface area (Å²) in [6, 6.07) is 10.8. The Morgan fingerprint density at radius 1 is 1.23 bits per heavy atom. The second kappa shape index (κ2) is 6.73. The third-order valence-corrected chi connectivity index (χ3v) is 2.91. The van der Waals surface area contributed by atoms with Crippen LogP contribution < -0.4 is 10.5 Å². The molecule has 2 aromatic carbocycles. The van der Waals surface area contributed by atoms with Crippen LogP contribution in [0.1, 0.15) is 5.56 Å². The van der Waals surface area contributed by atoms with E-state index in [0.717, 1.165) is 6.08 Å². The minimum Gasteiger partial charge on any atom is -0.450 e. The number of nitro groups is 1. The second-order valence-corrected chi connectivity index (χ2v) is 4.71. The van der Waals surface area contributed by atoms with Crippen molar-refractivity contribution in [3.63, 3.8) is 0 Å². The molecule has 0 aliphatic rings. The molecule has 6 nitrogen and oxygen atoms in total. The van der Waals surface area contributed by atoms with E-state index >= 15 is 0 Å². The SMILES string of the molecule is NC(=O)/C=C\c1ccc(Oc2ccc(Cl)cc2)c([N+](=O)[O-])c1. The van der Waals surface area contributed by atoms with Crippen LogP contribution in [-0.4, -0.2) is 10.8 Å². The average Bonchev–Trinajstić information content (AvgIpc) is 2.48. The number of amides is 1. The number of primary amides is 1. The molecule has 7 heteroatoms. The van der Waals surface area contributed by atoms with Gasteiger partial charge >= 0.3 is 5.69 Å². The highest BCUT2D eigenvalue weighted by atomic mass is 35.5. The van der Waals surface area contributed by atoms with Gasteiger partial charge in [0, 0.05) is 17.2 Å². The van der Waals surface area contributed by atoms with Crippen molar-refractivity contribution in [2.45, 2.75) is 0 Å². The summed E-state index contributed by atoms with van der Waals surface area (Å²) in [7, 11) is 0. The molecule has 0 spiro atoms. The first-order valence-electron chi connectivity index (χ1n) is 6.15. The first-order chi connectivity index (χ1) is 10.5. The largest absolute Gasteiger partial charge is 0.450 e. The van der Waals surface area contributed by atoms with E-state index in [0.29, 0.717) is 16.3 Å². The van der Waals surface area contributed by atoms with Gasteiger partial charge in [-0.15, -0.1) is 0 Å². The molecule has 22 heavy (non-hydrogen) atoms. The van der Waals surface area contributed by atoms with Gasteiger partial charge in [-0.25, -0.2) is 0 Å². The summed E-state index contributed by atoms with van der Waals surface area (Å²) >= 11 is 5.77. The highest BCUT2D eigenvalue weighted by molar-refractivity contribution is 6.30. The lowest BCUT2D eigenvalue weighted by Crippen LogP contribution is -2.05. The molecular weight excluding hydrogens is 308 g/mol. The Bertz CT molecular complexity index is 742. The molecule has 0 aromatic heterocycles. The lowest BCUT2D eigenvalue weighted by molar-refractivity contribution is -0.385. The van der Waals surface area contributed by atoms with E-state index in [1.54, 1.807) is 30.3 Å². The molecule has 0 unspecified atom stereocenters. The van der Waals surface area contributed by atoms with Crippen molar-refractivity contribution in [3.8, 4) is 11.5 Å². The lowest BCUT2D eigenvalue weighted by Gasteiger charge is -2.07. The van der Waals surface area contributed by atoms with Crippen molar-refractivity contribution in [2.24, 2.45) is 5.73 Å². The number of nitro benzene ring substituents is 1.